The number of anilines is 1. The third kappa shape index (κ3) is 3.35. The minimum atomic E-state index is -0.187. The summed E-state index contributed by atoms with van der Waals surface area (Å²) >= 11 is 0. The Labute approximate surface area is 144 Å². The van der Waals surface area contributed by atoms with E-state index in [4.69, 9.17) is 14.2 Å². The van der Waals surface area contributed by atoms with Gasteiger partial charge in [0, 0.05) is 23.6 Å². The lowest BCUT2D eigenvalue weighted by atomic mass is 10.1. The van der Waals surface area contributed by atoms with E-state index in [0.717, 1.165) is 11.1 Å². The number of nitrogens with zero attached hydrogens (tertiary/aromatic N) is 1. The van der Waals surface area contributed by atoms with E-state index in [9.17, 15) is 4.79 Å². The van der Waals surface area contributed by atoms with E-state index in [1.165, 1.54) is 0 Å². The Balaban J connectivity index is 1.93. The Bertz CT molecular complexity index is 935. The van der Waals surface area contributed by atoms with E-state index < -0.39 is 0 Å². The number of hydrogen-bond donors (Lipinski definition) is 2. The van der Waals surface area contributed by atoms with E-state index in [1.54, 1.807) is 45.7 Å². The van der Waals surface area contributed by atoms with Crippen LogP contribution in [-0.2, 0) is 6.54 Å². The zero-order valence-electron chi connectivity index (χ0n) is 14.3. The number of aromatic amines is 1. The first-order valence-electron chi connectivity index (χ1n) is 7.67. The molecule has 0 amide bonds. The number of aromatic nitrogens is 2. The van der Waals surface area contributed by atoms with Crippen LogP contribution in [-0.4, -0.2) is 31.3 Å². The number of benzene rings is 1. The molecule has 3 rings (SSSR count). The normalized spacial score (nSPS) is 10.5. The molecule has 0 saturated carbocycles. The Morgan fingerprint density at radius 2 is 1.80 bits per heavy atom. The SMILES string of the molecule is COc1ccc(NCc2cc3c(OC)ccc(OC)c3[nH]c2=O)cn1. The predicted octanol–water partition coefficient (Wildman–Crippen LogP) is 2.56. The molecule has 7 heteroatoms. The van der Waals surface area contributed by atoms with Crippen LogP contribution in [0.4, 0.5) is 5.69 Å². The van der Waals surface area contributed by atoms with Gasteiger partial charge in [0.15, 0.2) is 0 Å². The molecule has 25 heavy (non-hydrogen) atoms. The highest BCUT2D eigenvalue weighted by atomic mass is 16.5. The molecule has 0 bridgehead atoms. The molecular formula is C18H19N3O4. The maximum absolute atomic E-state index is 12.4. The summed E-state index contributed by atoms with van der Waals surface area (Å²) in [7, 11) is 4.71. The monoisotopic (exact) mass is 341 g/mol. The van der Waals surface area contributed by atoms with Gasteiger partial charge in [-0.05, 0) is 24.3 Å². The fraction of sp³-hybridized carbons (Fsp3) is 0.222. The third-order valence-electron chi connectivity index (χ3n) is 3.88. The van der Waals surface area contributed by atoms with E-state index in [2.05, 4.69) is 15.3 Å². The van der Waals surface area contributed by atoms with Crippen LogP contribution in [0.5, 0.6) is 17.4 Å². The maximum atomic E-state index is 12.4. The van der Waals surface area contributed by atoms with Gasteiger partial charge in [-0.3, -0.25) is 4.79 Å². The minimum Gasteiger partial charge on any atom is -0.496 e. The van der Waals surface area contributed by atoms with Crippen LogP contribution in [0.1, 0.15) is 5.56 Å². The van der Waals surface area contributed by atoms with Crippen molar-refractivity contribution in [3.8, 4) is 17.4 Å². The summed E-state index contributed by atoms with van der Waals surface area (Å²) < 4.78 is 15.7. The lowest BCUT2D eigenvalue weighted by Gasteiger charge is -2.11. The summed E-state index contributed by atoms with van der Waals surface area (Å²) in [6, 6.07) is 8.97. The van der Waals surface area contributed by atoms with E-state index >= 15 is 0 Å². The summed E-state index contributed by atoms with van der Waals surface area (Å²) in [6.07, 6.45) is 1.65. The summed E-state index contributed by atoms with van der Waals surface area (Å²) in [5.41, 5.74) is 1.79. The number of H-pyrrole nitrogens is 1. The van der Waals surface area contributed by atoms with Crippen LogP contribution < -0.4 is 25.1 Å². The quantitative estimate of drug-likeness (QED) is 0.717. The van der Waals surface area contributed by atoms with Gasteiger partial charge in [-0.2, -0.15) is 0 Å². The molecule has 0 saturated heterocycles. The van der Waals surface area contributed by atoms with Gasteiger partial charge in [-0.25, -0.2) is 4.98 Å². The predicted molar refractivity (Wildman–Crippen MR) is 95.8 cm³/mol. The molecule has 7 nitrogen and oxygen atoms in total. The average molecular weight is 341 g/mol. The number of ether oxygens (including phenoxy) is 3. The second-order valence-electron chi connectivity index (χ2n) is 5.33. The molecule has 0 aliphatic carbocycles. The van der Waals surface area contributed by atoms with E-state index in [0.29, 0.717) is 35.0 Å². The third-order valence-corrected chi connectivity index (χ3v) is 3.88. The molecule has 0 atom stereocenters. The molecule has 2 N–H and O–H groups in total. The van der Waals surface area contributed by atoms with Crippen molar-refractivity contribution in [2.45, 2.75) is 6.54 Å². The Hall–Kier alpha value is -3.22. The van der Waals surface area contributed by atoms with Crippen LogP contribution in [0.25, 0.3) is 10.9 Å². The fourth-order valence-electron chi connectivity index (χ4n) is 2.57. The summed E-state index contributed by atoms with van der Waals surface area (Å²) in [5, 5.41) is 3.96. The van der Waals surface area contributed by atoms with Crippen LogP contribution >= 0.6 is 0 Å². The van der Waals surface area contributed by atoms with E-state index in [-0.39, 0.29) is 5.56 Å². The Morgan fingerprint density at radius 3 is 2.44 bits per heavy atom. The zero-order valence-corrected chi connectivity index (χ0v) is 14.3. The molecule has 0 radical (unpaired) electrons. The largest absolute Gasteiger partial charge is 0.496 e. The van der Waals surface area contributed by atoms with Crippen molar-refractivity contribution >= 4 is 16.6 Å². The number of pyridine rings is 2. The van der Waals surface area contributed by atoms with Crippen LogP contribution in [0, 0.1) is 0 Å². The first-order valence-corrected chi connectivity index (χ1v) is 7.67. The first-order chi connectivity index (χ1) is 12.2. The van der Waals surface area contributed by atoms with Gasteiger partial charge in [0.1, 0.15) is 11.5 Å². The topological polar surface area (TPSA) is 85.5 Å². The number of nitrogens with one attached hydrogen (secondary N) is 2. The van der Waals surface area contributed by atoms with Crippen molar-refractivity contribution in [2.24, 2.45) is 0 Å². The molecule has 3 aromatic rings. The standard InChI is InChI=1S/C18H19N3O4/c1-23-14-5-6-15(24-2)17-13(14)8-11(18(22)21-17)9-19-12-4-7-16(25-3)20-10-12/h4-8,10,19H,9H2,1-3H3,(H,21,22). The highest BCUT2D eigenvalue weighted by Crippen LogP contribution is 2.31. The smallest absolute Gasteiger partial charge is 0.253 e. The molecule has 0 aliphatic rings. The van der Waals surface area contributed by atoms with Crippen molar-refractivity contribution in [1.29, 1.82) is 0 Å². The highest BCUT2D eigenvalue weighted by molar-refractivity contribution is 5.90. The number of rotatable bonds is 6. The number of hydrogen-bond acceptors (Lipinski definition) is 6. The van der Waals surface area contributed by atoms with Crippen LogP contribution in [0.3, 0.4) is 0 Å². The fourth-order valence-corrected chi connectivity index (χ4v) is 2.57. The van der Waals surface area contributed by atoms with Gasteiger partial charge in [0.2, 0.25) is 5.88 Å². The molecule has 0 unspecified atom stereocenters. The first kappa shape index (κ1) is 16.6. The number of methoxy groups -OCH3 is 3. The van der Waals surface area contributed by atoms with Crippen molar-refractivity contribution in [3.05, 3.63) is 52.4 Å². The van der Waals surface area contributed by atoms with Gasteiger partial charge in [-0.1, -0.05) is 0 Å². The number of fused-ring (bicyclic) bond motifs is 1. The second kappa shape index (κ2) is 7.12. The van der Waals surface area contributed by atoms with Crippen molar-refractivity contribution in [3.63, 3.8) is 0 Å². The molecule has 0 aliphatic heterocycles. The molecule has 2 aromatic heterocycles. The van der Waals surface area contributed by atoms with Crippen molar-refractivity contribution in [2.75, 3.05) is 26.6 Å². The molecule has 130 valence electrons. The van der Waals surface area contributed by atoms with Crippen LogP contribution in [0.2, 0.25) is 0 Å². The van der Waals surface area contributed by atoms with Crippen molar-refractivity contribution in [1.82, 2.24) is 9.97 Å². The van der Waals surface area contributed by atoms with Gasteiger partial charge < -0.3 is 24.5 Å². The second-order valence-corrected chi connectivity index (χ2v) is 5.33. The van der Waals surface area contributed by atoms with Crippen LogP contribution in [0.15, 0.2) is 41.3 Å². The summed E-state index contributed by atoms with van der Waals surface area (Å²) in [5.74, 6) is 1.79. The Morgan fingerprint density at radius 1 is 1.04 bits per heavy atom. The Kier molecular flexibility index (Phi) is 4.74. The van der Waals surface area contributed by atoms with Gasteiger partial charge in [0.05, 0.1) is 38.7 Å². The molecule has 1 aromatic carbocycles. The highest BCUT2D eigenvalue weighted by Gasteiger charge is 2.11. The molecule has 0 spiro atoms. The van der Waals surface area contributed by atoms with Gasteiger partial charge in [0.25, 0.3) is 5.56 Å². The van der Waals surface area contributed by atoms with Gasteiger partial charge >= 0.3 is 0 Å². The molecule has 2 heterocycles. The zero-order chi connectivity index (χ0) is 17.8. The minimum absolute atomic E-state index is 0.187. The van der Waals surface area contributed by atoms with Gasteiger partial charge in [-0.15, -0.1) is 0 Å². The maximum Gasteiger partial charge on any atom is 0.253 e. The average Bonchev–Trinajstić information content (AvgIpc) is 2.66. The molecular weight excluding hydrogens is 322 g/mol. The lowest BCUT2D eigenvalue weighted by molar-refractivity contribution is 0.398. The van der Waals surface area contributed by atoms with Crippen molar-refractivity contribution < 1.29 is 14.2 Å². The molecule has 0 fully saturated rings. The summed E-state index contributed by atoms with van der Waals surface area (Å²) in [4.78, 5) is 19.4. The lowest BCUT2D eigenvalue weighted by Crippen LogP contribution is -2.16. The van der Waals surface area contributed by atoms with E-state index in [1.807, 2.05) is 12.1 Å². The summed E-state index contributed by atoms with van der Waals surface area (Å²) in [6.45, 7) is 0.347.